The Kier molecular flexibility index (Phi) is 3.44. The molecule has 1 N–H and O–H groups in total. The van der Waals surface area contributed by atoms with E-state index in [1.165, 1.54) is 0 Å². The Morgan fingerprint density at radius 1 is 1.30 bits per heavy atom. The van der Waals surface area contributed by atoms with E-state index < -0.39 is 0 Å². The predicted molar refractivity (Wildman–Crippen MR) is 77.5 cm³/mol. The highest BCUT2D eigenvalue weighted by atomic mass is 16.3. The minimum Gasteiger partial charge on any atom is -0.392 e. The molecule has 0 aromatic carbocycles. The van der Waals surface area contributed by atoms with Crippen LogP contribution in [0.3, 0.4) is 0 Å². The molecule has 106 valence electrons. The van der Waals surface area contributed by atoms with Gasteiger partial charge in [0.1, 0.15) is 11.6 Å². The van der Waals surface area contributed by atoms with Gasteiger partial charge < -0.3 is 14.6 Å². The van der Waals surface area contributed by atoms with Gasteiger partial charge in [-0.1, -0.05) is 13.8 Å². The van der Waals surface area contributed by atoms with E-state index in [1.807, 2.05) is 24.5 Å². The summed E-state index contributed by atoms with van der Waals surface area (Å²) < 4.78 is 2.18. The van der Waals surface area contributed by atoms with Gasteiger partial charge in [0.15, 0.2) is 0 Å². The molecular weight excluding hydrogens is 252 g/mol. The molecule has 5 heteroatoms. The number of fused-ring (bicyclic) bond motifs is 1. The Hall–Kier alpha value is -1.88. The lowest BCUT2D eigenvalue weighted by atomic mass is 10.1. The fraction of sp³-hybridized carbons (Fsp3) is 0.467. The van der Waals surface area contributed by atoms with E-state index in [4.69, 9.17) is 4.98 Å². The van der Waals surface area contributed by atoms with Crippen molar-refractivity contribution in [2.45, 2.75) is 39.5 Å². The second-order valence-electron chi connectivity index (χ2n) is 5.53. The third-order valence-corrected chi connectivity index (χ3v) is 3.73. The normalized spacial score (nSPS) is 14.7. The van der Waals surface area contributed by atoms with Gasteiger partial charge in [-0.15, -0.1) is 0 Å². The number of hydrogen-bond acceptors (Lipinski definition) is 4. The molecule has 2 aromatic rings. The second kappa shape index (κ2) is 5.25. The van der Waals surface area contributed by atoms with Crippen LogP contribution in [0.5, 0.6) is 0 Å². The van der Waals surface area contributed by atoms with Crippen molar-refractivity contribution >= 4 is 5.82 Å². The Bertz CT molecular complexity index is 606. The van der Waals surface area contributed by atoms with E-state index >= 15 is 0 Å². The maximum Gasteiger partial charge on any atom is 0.129 e. The average molecular weight is 272 g/mol. The minimum atomic E-state index is 0.0533. The summed E-state index contributed by atoms with van der Waals surface area (Å²) in [6.45, 7) is 6.91. The zero-order chi connectivity index (χ0) is 14.1. The lowest BCUT2D eigenvalue weighted by Crippen LogP contribution is -2.34. The number of aromatic nitrogens is 3. The molecule has 3 heterocycles. The predicted octanol–water partition coefficient (Wildman–Crippen LogP) is 1.91. The van der Waals surface area contributed by atoms with Gasteiger partial charge in [-0.25, -0.2) is 9.97 Å². The molecule has 3 rings (SSSR count). The van der Waals surface area contributed by atoms with Gasteiger partial charge in [-0.2, -0.15) is 0 Å². The second-order valence-corrected chi connectivity index (χ2v) is 5.53. The Morgan fingerprint density at radius 2 is 2.15 bits per heavy atom. The van der Waals surface area contributed by atoms with Crippen LogP contribution in [0.1, 0.15) is 36.8 Å². The lowest BCUT2D eigenvalue weighted by molar-refractivity contribution is 0.281. The highest BCUT2D eigenvalue weighted by molar-refractivity contribution is 5.44. The lowest BCUT2D eigenvalue weighted by Gasteiger charge is -2.29. The van der Waals surface area contributed by atoms with E-state index in [0.717, 1.165) is 42.5 Å². The molecule has 0 fully saturated rings. The summed E-state index contributed by atoms with van der Waals surface area (Å²) >= 11 is 0. The van der Waals surface area contributed by atoms with Gasteiger partial charge in [0.25, 0.3) is 0 Å². The summed E-state index contributed by atoms with van der Waals surface area (Å²) in [5.74, 6) is 2.36. The van der Waals surface area contributed by atoms with E-state index in [-0.39, 0.29) is 6.61 Å². The summed E-state index contributed by atoms with van der Waals surface area (Å²) in [7, 11) is 0. The number of aliphatic hydroxyl groups excluding tert-OH is 1. The number of hydrogen-bond donors (Lipinski definition) is 1. The maximum absolute atomic E-state index is 9.43. The number of imidazole rings is 1. The molecule has 0 spiro atoms. The molecular formula is C15H20N4O. The van der Waals surface area contributed by atoms with Crippen molar-refractivity contribution < 1.29 is 5.11 Å². The van der Waals surface area contributed by atoms with Crippen LogP contribution in [-0.4, -0.2) is 26.2 Å². The monoisotopic (exact) mass is 272 g/mol. The van der Waals surface area contributed by atoms with Crippen LogP contribution in [0.2, 0.25) is 0 Å². The molecule has 0 bridgehead atoms. The molecule has 20 heavy (non-hydrogen) atoms. The Morgan fingerprint density at radius 3 is 2.90 bits per heavy atom. The van der Waals surface area contributed by atoms with Crippen LogP contribution in [0, 0.1) is 0 Å². The van der Waals surface area contributed by atoms with Crippen LogP contribution >= 0.6 is 0 Å². The van der Waals surface area contributed by atoms with Crippen molar-refractivity contribution in [2.75, 3.05) is 11.4 Å². The van der Waals surface area contributed by atoms with Gasteiger partial charge in [0, 0.05) is 31.2 Å². The number of nitrogens with zero attached hydrogens (tertiary/aromatic N) is 4. The molecule has 0 aliphatic carbocycles. The van der Waals surface area contributed by atoms with Crippen LogP contribution in [0.25, 0.3) is 0 Å². The first kappa shape index (κ1) is 13.1. The third-order valence-electron chi connectivity index (χ3n) is 3.73. The Labute approximate surface area is 118 Å². The van der Waals surface area contributed by atoms with Crippen molar-refractivity contribution in [3.63, 3.8) is 0 Å². The first-order chi connectivity index (χ1) is 9.67. The molecule has 0 saturated carbocycles. The zero-order valence-corrected chi connectivity index (χ0v) is 12.0. The summed E-state index contributed by atoms with van der Waals surface area (Å²) in [4.78, 5) is 11.3. The number of pyridine rings is 1. The standard InChI is InChI=1S/C15H20N4O/c1-11(2)13-7-12(10-20)8-14(17-13)19-6-5-18-4-3-16-15(18)9-19/h3-4,7-8,11,20H,5-6,9-10H2,1-2H3. The molecule has 0 unspecified atom stereocenters. The Balaban J connectivity index is 1.92. The molecule has 0 saturated heterocycles. The van der Waals surface area contributed by atoms with E-state index in [2.05, 4.69) is 28.3 Å². The van der Waals surface area contributed by atoms with E-state index in [0.29, 0.717) is 5.92 Å². The van der Waals surface area contributed by atoms with Gasteiger partial charge in [0.05, 0.1) is 13.2 Å². The SMILES string of the molecule is CC(C)c1cc(CO)cc(N2CCn3ccnc3C2)n1. The van der Waals surface area contributed by atoms with Crippen molar-refractivity contribution in [3.05, 3.63) is 41.6 Å². The van der Waals surface area contributed by atoms with Crippen molar-refractivity contribution in [1.29, 1.82) is 0 Å². The largest absolute Gasteiger partial charge is 0.392 e. The highest BCUT2D eigenvalue weighted by Crippen LogP contribution is 2.23. The topological polar surface area (TPSA) is 54.2 Å². The highest BCUT2D eigenvalue weighted by Gasteiger charge is 2.19. The van der Waals surface area contributed by atoms with Crippen molar-refractivity contribution in [1.82, 2.24) is 14.5 Å². The van der Waals surface area contributed by atoms with Gasteiger partial charge in [-0.05, 0) is 23.6 Å². The fourth-order valence-electron chi connectivity index (χ4n) is 2.51. The smallest absolute Gasteiger partial charge is 0.129 e. The molecule has 1 aliphatic rings. The molecule has 0 atom stereocenters. The average Bonchev–Trinajstić information content (AvgIpc) is 2.94. The van der Waals surface area contributed by atoms with Crippen LogP contribution in [0.4, 0.5) is 5.82 Å². The van der Waals surface area contributed by atoms with Crippen molar-refractivity contribution in [3.8, 4) is 0 Å². The fourth-order valence-corrected chi connectivity index (χ4v) is 2.51. The first-order valence-electron chi connectivity index (χ1n) is 7.04. The van der Waals surface area contributed by atoms with Crippen LogP contribution in [-0.2, 0) is 19.7 Å². The number of rotatable bonds is 3. The van der Waals surface area contributed by atoms with Gasteiger partial charge in [0.2, 0.25) is 0 Å². The third kappa shape index (κ3) is 2.41. The molecule has 2 aromatic heterocycles. The summed E-state index contributed by atoms with van der Waals surface area (Å²) in [6.07, 6.45) is 3.86. The van der Waals surface area contributed by atoms with Crippen LogP contribution in [0.15, 0.2) is 24.5 Å². The minimum absolute atomic E-state index is 0.0533. The van der Waals surface area contributed by atoms with Gasteiger partial charge >= 0.3 is 0 Å². The van der Waals surface area contributed by atoms with Crippen LogP contribution < -0.4 is 4.90 Å². The first-order valence-corrected chi connectivity index (χ1v) is 7.04. The van der Waals surface area contributed by atoms with E-state index in [1.54, 1.807) is 0 Å². The summed E-state index contributed by atoms with van der Waals surface area (Å²) in [5.41, 5.74) is 1.95. The van der Waals surface area contributed by atoms with Gasteiger partial charge in [-0.3, -0.25) is 0 Å². The molecule has 0 amide bonds. The quantitative estimate of drug-likeness (QED) is 0.927. The maximum atomic E-state index is 9.43. The van der Waals surface area contributed by atoms with Crippen molar-refractivity contribution in [2.24, 2.45) is 0 Å². The summed E-state index contributed by atoms with van der Waals surface area (Å²) in [6, 6.07) is 3.96. The number of aliphatic hydroxyl groups is 1. The molecule has 0 radical (unpaired) electrons. The summed E-state index contributed by atoms with van der Waals surface area (Å²) in [5, 5.41) is 9.43. The molecule has 5 nitrogen and oxygen atoms in total. The zero-order valence-electron chi connectivity index (χ0n) is 12.0. The molecule has 1 aliphatic heterocycles. The van der Waals surface area contributed by atoms with E-state index in [9.17, 15) is 5.11 Å². The number of anilines is 1.